The van der Waals surface area contributed by atoms with E-state index in [1.807, 2.05) is 36.2 Å². The predicted octanol–water partition coefficient (Wildman–Crippen LogP) is 2.11. The zero-order valence-corrected chi connectivity index (χ0v) is 14.6. The highest BCUT2D eigenvalue weighted by Crippen LogP contribution is 2.20. The molecule has 1 amide bonds. The van der Waals surface area contributed by atoms with Crippen molar-refractivity contribution < 1.29 is 4.79 Å². The van der Waals surface area contributed by atoms with E-state index in [1.54, 1.807) is 11.8 Å². The molecular weight excluding hydrogens is 308 g/mol. The zero-order chi connectivity index (χ0) is 16.2. The highest BCUT2D eigenvalue weighted by molar-refractivity contribution is 7.97. The standard InChI is InChI=1S/C17H24N4OS/c1-20(13-7-9-18-10-8-13)17(22)11-21-15-6-4-3-5-14(15)19-16(21)12-23-2/h3-6,13,18H,7-12H2,1-2H3. The van der Waals surface area contributed by atoms with Crippen molar-refractivity contribution in [1.82, 2.24) is 19.8 Å². The third-order valence-corrected chi connectivity index (χ3v) is 5.10. The first-order valence-corrected chi connectivity index (χ1v) is 9.49. The highest BCUT2D eigenvalue weighted by atomic mass is 32.2. The first-order valence-electron chi connectivity index (χ1n) is 8.10. The lowest BCUT2D eigenvalue weighted by atomic mass is 10.1. The van der Waals surface area contributed by atoms with Gasteiger partial charge in [-0.25, -0.2) is 4.98 Å². The number of hydrogen-bond acceptors (Lipinski definition) is 4. The van der Waals surface area contributed by atoms with Crippen molar-refractivity contribution in [3.05, 3.63) is 30.1 Å². The summed E-state index contributed by atoms with van der Waals surface area (Å²) in [5.41, 5.74) is 2.01. The van der Waals surface area contributed by atoms with Crippen molar-refractivity contribution in [1.29, 1.82) is 0 Å². The van der Waals surface area contributed by atoms with Crippen molar-refractivity contribution in [2.75, 3.05) is 26.4 Å². The van der Waals surface area contributed by atoms with Gasteiger partial charge in [0.2, 0.25) is 5.91 Å². The number of carbonyl (C=O) groups is 1. The van der Waals surface area contributed by atoms with Crippen LogP contribution in [0.15, 0.2) is 24.3 Å². The second kappa shape index (κ2) is 7.36. The summed E-state index contributed by atoms with van der Waals surface area (Å²) in [6.45, 7) is 2.36. The number of hydrogen-bond donors (Lipinski definition) is 1. The lowest BCUT2D eigenvalue weighted by molar-refractivity contribution is -0.133. The molecule has 1 aliphatic rings. The maximum Gasteiger partial charge on any atom is 0.242 e. The summed E-state index contributed by atoms with van der Waals surface area (Å²) in [6.07, 6.45) is 4.13. The minimum Gasteiger partial charge on any atom is -0.341 e. The molecule has 0 unspecified atom stereocenters. The van der Waals surface area contributed by atoms with Crippen molar-refractivity contribution in [3.8, 4) is 0 Å². The number of benzene rings is 1. The number of nitrogens with one attached hydrogen (secondary N) is 1. The average Bonchev–Trinajstić information content (AvgIpc) is 2.93. The van der Waals surface area contributed by atoms with E-state index in [0.717, 1.165) is 48.5 Å². The number of thioether (sulfide) groups is 1. The average molecular weight is 332 g/mol. The normalized spacial score (nSPS) is 15.9. The summed E-state index contributed by atoms with van der Waals surface area (Å²) in [5, 5.41) is 3.35. The van der Waals surface area contributed by atoms with Crippen LogP contribution in [0.5, 0.6) is 0 Å². The van der Waals surface area contributed by atoms with E-state index in [-0.39, 0.29) is 5.91 Å². The van der Waals surface area contributed by atoms with Crippen LogP contribution >= 0.6 is 11.8 Å². The monoisotopic (exact) mass is 332 g/mol. The maximum atomic E-state index is 12.8. The maximum absolute atomic E-state index is 12.8. The molecular formula is C17H24N4OS. The van der Waals surface area contributed by atoms with Gasteiger partial charge >= 0.3 is 0 Å². The molecule has 0 atom stereocenters. The molecule has 0 saturated carbocycles. The summed E-state index contributed by atoms with van der Waals surface area (Å²) in [7, 11) is 1.94. The van der Waals surface area contributed by atoms with Crippen LogP contribution in [0.3, 0.4) is 0 Å². The molecule has 5 nitrogen and oxygen atoms in total. The molecule has 124 valence electrons. The van der Waals surface area contributed by atoms with E-state index in [9.17, 15) is 4.79 Å². The number of imidazole rings is 1. The molecule has 0 aliphatic carbocycles. The number of rotatable bonds is 5. The van der Waals surface area contributed by atoms with Gasteiger partial charge in [-0.15, -0.1) is 0 Å². The quantitative estimate of drug-likeness (QED) is 0.911. The van der Waals surface area contributed by atoms with Crippen LogP contribution in [0.4, 0.5) is 0 Å². The second-order valence-corrected chi connectivity index (χ2v) is 6.89. The molecule has 1 saturated heterocycles. The van der Waals surface area contributed by atoms with Gasteiger partial charge in [0.15, 0.2) is 0 Å². The van der Waals surface area contributed by atoms with E-state index in [2.05, 4.69) is 21.1 Å². The van der Waals surface area contributed by atoms with Crippen LogP contribution < -0.4 is 5.32 Å². The SMILES string of the molecule is CSCc1nc2ccccc2n1CC(=O)N(C)C1CCNCC1. The second-order valence-electron chi connectivity index (χ2n) is 6.02. The molecule has 1 N–H and O–H groups in total. The van der Waals surface area contributed by atoms with Crippen LogP contribution in [0.2, 0.25) is 0 Å². The zero-order valence-electron chi connectivity index (χ0n) is 13.8. The van der Waals surface area contributed by atoms with Crippen LogP contribution in [0.25, 0.3) is 11.0 Å². The number of likely N-dealkylation sites (N-methyl/N-ethyl adjacent to an activating group) is 1. The largest absolute Gasteiger partial charge is 0.341 e. The Morgan fingerprint density at radius 2 is 2.13 bits per heavy atom. The summed E-state index contributed by atoms with van der Waals surface area (Å²) in [4.78, 5) is 19.4. The molecule has 6 heteroatoms. The minimum absolute atomic E-state index is 0.169. The van der Waals surface area contributed by atoms with Gasteiger partial charge in [0.05, 0.1) is 16.8 Å². The van der Waals surface area contributed by atoms with E-state index in [0.29, 0.717) is 12.6 Å². The molecule has 1 aromatic carbocycles. The van der Waals surface area contributed by atoms with Crippen molar-refractivity contribution in [2.24, 2.45) is 0 Å². The number of carbonyl (C=O) groups excluding carboxylic acids is 1. The van der Waals surface area contributed by atoms with E-state index in [4.69, 9.17) is 0 Å². The number of amides is 1. The molecule has 3 rings (SSSR count). The number of fused-ring (bicyclic) bond motifs is 1. The Hall–Kier alpha value is -1.53. The predicted molar refractivity (Wildman–Crippen MR) is 95.6 cm³/mol. The Bertz CT molecular complexity index is 678. The Balaban J connectivity index is 1.81. The van der Waals surface area contributed by atoms with Gasteiger partial charge in [-0.2, -0.15) is 11.8 Å². The Morgan fingerprint density at radius 3 is 2.87 bits per heavy atom. The molecule has 1 aliphatic heterocycles. The van der Waals surface area contributed by atoms with Gasteiger partial charge < -0.3 is 14.8 Å². The smallest absolute Gasteiger partial charge is 0.242 e. The molecule has 23 heavy (non-hydrogen) atoms. The summed E-state index contributed by atoms with van der Waals surface area (Å²) < 4.78 is 2.08. The molecule has 2 heterocycles. The Labute approximate surface area is 141 Å². The summed E-state index contributed by atoms with van der Waals surface area (Å²) >= 11 is 1.73. The first-order chi connectivity index (χ1) is 11.2. The van der Waals surface area contributed by atoms with Gasteiger partial charge in [0, 0.05) is 13.1 Å². The lowest BCUT2D eigenvalue weighted by Gasteiger charge is -2.32. The van der Waals surface area contributed by atoms with Crippen molar-refractivity contribution >= 4 is 28.7 Å². The Kier molecular flexibility index (Phi) is 5.23. The van der Waals surface area contributed by atoms with Crippen LogP contribution in [0.1, 0.15) is 18.7 Å². The van der Waals surface area contributed by atoms with Gasteiger partial charge in [-0.3, -0.25) is 4.79 Å². The van der Waals surface area contributed by atoms with Crippen LogP contribution in [-0.4, -0.2) is 52.8 Å². The number of para-hydroxylation sites is 2. The first kappa shape index (κ1) is 16.3. The molecule has 0 bridgehead atoms. The van der Waals surface area contributed by atoms with Crippen LogP contribution in [-0.2, 0) is 17.1 Å². The van der Waals surface area contributed by atoms with Crippen molar-refractivity contribution in [3.63, 3.8) is 0 Å². The molecule has 1 aromatic heterocycles. The van der Waals surface area contributed by atoms with Crippen molar-refractivity contribution in [2.45, 2.75) is 31.2 Å². The number of aromatic nitrogens is 2. The third kappa shape index (κ3) is 3.53. The van der Waals surface area contributed by atoms with Gasteiger partial charge in [-0.05, 0) is 44.3 Å². The van der Waals surface area contributed by atoms with Gasteiger partial charge in [-0.1, -0.05) is 12.1 Å². The summed E-state index contributed by atoms with van der Waals surface area (Å²) in [6, 6.07) is 8.40. The number of piperidine rings is 1. The van der Waals surface area contributed by atoms with Crippen LogP contribution in [0, 0.1) is 0 Å². The highest BCUT2D eigenvalue weighted by Gasteiger charge is 2.23. The van der Waals surface area contributed by atoms with E-state index >= 15 is 0 Å². The fourth-order valence-corrected chi connectivity index (χ4v) is 3.66. The van der Waals surface area contributed by atoms with Gasteiger partial charge in [0.25, 0.3) is 0 Å². The minimum atomic E-state index is 0.169. The fourth-order valence-electron chi connectivity index (χ4n) is 3.19. The molecule has 0 radical (unpaired) electrons. The Morgan fingerprint density at radius 1 is 1.39 bits per heavy atom. The molecule has 0 spiro atoms. The van der Waals surface area contributed by atoms with E-state index in [1.165, 1.54) is 0 Å². The molecule has 1 fully saturated rings. The summed E-state index contributed by atoms with van der Waals surface area (Å²) in [5.74, 6) is 1.96. The number of nitrogens with zero attached hydrogens (tertiary/aromatic N) is 3. The topological polar surface area (TPSA) is 50.2 Å². The third-order valence-electron chi connectivity index (χ3n) is 4.55. The van der Waals surface area contributed by atoms with E-state index < -0.39 is 0 Å². The lowest BCUT2D eigenvalue weighted by Crippen LogP contribution is -2.45. The van der Waals surface area contributed by atoms with Gasteiger partial charge in [0.1, 0.15) is 12.4 Å². The molecule has 2 aromatic rings. The fraction of sp³-hybridized carbons (Fsp3) is 0.529.